The van der Waals surface area contributed by atoms with Crippen LogP contribution in [0.15, 0.2) is 76.6 Å². The van der Waals surface area contributed by atoms with E-state index in [0.717, 1.165) is 16.5 Å². The highest BCUT2D eigenvalue weighted by Gasteiger charge is 2.21. The van der Waals surface area contributed by atoms with Crippen LogP contribution in [-0.2, 0) is 7.05 Å². The molecule has 0 aliphatic rings. The SMILES string of the molecule is CC(C)C(c1ccccc1)c1ccc(Cl)cc1C#N.Cn1cnc(C(=O)Nc2cnoc2)c(O)c1=O. The number of amides is 1. The van der Waals surface area contributed by atoms with Crippen molar-refractivity contribution in [2.24, 2.45) is 13.0 Å². The number of hydrogen-bond donors (Lipinski definition) is 2. The first-order chi connectivity index (χ1) is 17.2. The van der Waals surface area contributed by atoms with Crippen LogP contribution in [0, 0.1) is 17.2 Å². The molecule has 0 aliphatic heterocycles. The van der Waals surface area contributed by atoms with Crippen molar-refractivity contribution in [2.75, 3.05) is 5.32 Å². The third-order valence-electron chi connectivity index (χ3n) is 5.31. The lowest BCUT2D eigenvalue weighted by Crippen LogP contribution is -2.22. The molecule has 0 saturated heterocycles. The van der Waals surface area contributed by atoms with Crippen molar-refractivity contribution >= 4 is 23.2 Å². The number of halogens is 1. The highest BCUT2D eigenvalue weighted by atomic mass is 35.5. The second-order valence-corrected chi connectivity index (χ2v) is 8.64. The van der Waals surface area contributed by atoms with Crippen molar-refractivity contribution in [3.63, 3.8) is 0 Å². The van der Waals surface area contributed by atoms with Gasteiger partial charge in [-0.15, -0.1) is 0 Å². The Hall–Kier alpha value is -4.42. The minimum absolute atomic E-state index is 0.216. The van der Waals surface area contributed by atoms with E-state index in [9.17, 15) is 20.0 Å². The topological polar surface area (TPSA) is 134 Å². The van der Waals surface area contributed by atoms with Gasteiger partial charge in [-0.1, -0.05) is 67.0 Å². The Morgan fingerprint density at radius 2 is 1.94 bits per heavy atom. The van der Waals surface area contributed by atoms with Crippen molar-refractivity contribution in [2.45, 2.75) is 19.8 Å². The third-order valence-corrected chi connectivity index (χ3v) is 5.54. The van der Waals surface area contributed by atoms with Crippen molar-refractivity contribution in [1.82, 2.24) is 14.7 Å². The Balaban J connectivity index is 0.000000202. The van der Waals surface area contributed by atoms with Gasteiger partial charge in [0.25, 0.3) is 11.5 Å². The van der Waals surface area contributed by atoms with E-state index < -0.39 is 17.2 Å². The smallest absolute Gasteiger partial charge is 0.296 e. The highest BCUT2D eigenvalue weighted by Crippen LogP contribution is 2.34. The predicted octanol–water partition coefficient (Wildman–Crippen LogP) is 4.73. The van der Waals surface area contributed by atoms with E-state index in [1.807, 2.05) is 30.3 Å². The van der Waals surface area contributed by atoms with Gasteiger partial charge in [-0.2, -0.15) is 5.26 Å². The molecule has 1 atom stereocenters. The van der Waals surface area contributed by atoms with Crippen LogP contribution in [0.2, 0.25) is 5.02 Å². The maximum atomic E-state index is 11.6. The van der Waals surface area contributed by atoms with E-state index >= 15 is 0 Å². The number of aryl methyl sites for hydroxylation is 1. The molecule has 4 rings (SSSR count). The summed E-state index contributed by atoms with van der Waals surface area (Å²) >= 11 is 5.97. The Bertz CT molecular complexity index is 1430. The molecule has 0 spiro atoms. The lowest BCUT2D eigenvalue weighted by atomic mass is 9.81. The molecule has 2 aromatic heterocycles. The Morgan fingerprint density at radius 3 is 2.56 bits per heavy atom. The van der Waals surface area contributed by atoms with E-state index in [1.165, 1.54) is 25.1 Å². The molecule has 0 radical (unpaired) electrons. The number of aromatic nitrogens is 3. The van der Waals surface area contributed by atoms with Crippen LogP contribution in [0.25, 0.3) is 0 Å². The fourth-order valence-corrected chi connectivity index (χ4v) is 3.80. The molecular formula is C26H24ClN5O4. The monoisotopic (exact) mass is 505 g/mol. The molecule has 4 aromatic rings. The minimum atomic E-state index is -0.719. The van der Waals surface area contributed by atoms with Gasteiger partial charge in [0.2, 0.25) is 5.75 Å². The van der Waals surface area contributed by atoms with Crippen LogP contribution in [0.1, 0.15) is 46.9 Å². The van der Waals surface area contributed by atoms with Crippen molar-refractivity contribution in [3.05, 3.63) is 105 Å². The summed E-state index contributed by atoms with van der Waals surface area (Å²) < 4.78 is 5.57. The fraction of sp³-hybridized carbons (Fsp3) is 0.192. The summed E-state index contributed by atoms with van der Waals surface area (Å²) in [6.07, 6.45) is 3.62. The molecule has 0 fully saturated rings. The molecular weight excluding hydrogens is 482 g/mol. The van der Waals surface area contributed by atoms with Gasteiger partial charge in [0, 0.05) is 18.0 Å². The van der Waals surface area contributed by atoms with Gasteiger partial charge in [0.1, 0.15) is 12.0 Å². The van der Waals surface area contributed by atoms with Crippen LogP contribution in [0.4, 0.5) is 5.69 Å². The predicted molar refractivity (Wildman–Crippen MR) is 135 cm³/mol. The Kier molecular flexibility index (Phi) is 8.60. The normalized spacial score (nSPS) is 11.2. The van der Waals surface area contributed by atoms with Gasteiger partial charge in [-0.3, -0.25) is 14.2 Å². The first-order valence-electron chi connectivity index (χ1n) is 10.9. The first kappa shape index (κ1) is 26.2. The van der Waals surface area contributed by atoms with E-state index in [2.05, 4.69) is 52.0 Å². The lowest BCUT2D eigenvalue weighted by Gasteiger charge is -2.23. The third kappa shape index (κ3) is 6.17. The van der Waals surface area contributed by atoms with E-state index in [-0.39, 0.29) is 11.6 Å². The van der Waals surface area contributed by atoms with E-state index in [4.69, 9.17) is 11.6 Å². The Labute approximate surface area is 212 Å². The molecule has 2 N–H and O–H groups in total. The summed E-state index contributed by atoms with van der Waals surface area (Å²) in [6, 6.07) is 18.1. The molecule has 0 aliphatic carbocycles. The number of nitrogens with zero attached hydrogens (tertiary/aromatic N) is 4. The summed E-state index contributed by atoms with van der Waals surface area (Å²) in [4.78, 5) is 26.7. The summed E-state index contributed by atoms with van der Waals surface area (Å²) in [6.45, 7) is 4.35. The van der Waals surface area contributed by atoms with Gasteiger partial charge >= 0.3 is 0 Å². The molecule has 1 amide bonds. The molecule has 10 heteroatoms. The molecule has 9 nitrogen and oxygen atoms in total. The number of rotatable bonds is 5. The van der Waals surface area contributed by atoms with Gasteiger partial charge in [0.05, 0.1) is 24.2 Å². The molecule has 2 heterocycles. The molecule has 36 heavy (non-hydrogen) atoms. The number of nitriles is 1. The van der Waals surface area contributed by atoms with Crippen LogP contribution >= 0.6 is 11.6 Å². The first-order valence-corrected chi connectivity index (χ1v) is 11.3. The van der Waals surface area contributed by atoms with Crippen LogP contribution in [-0.4, -0.2) is 25.7 Å². The lowest BCUT2D eigenvalue weighted by molar-refractivity contribution is 0.101. The number of nitrogens with one attached hydrogen (secondary N) is 1. The van der Waals surface area contributed by atoms with Crippen LogP contribution < -0.4 is 10.9 Å². The number of carbonyl (C=O) groups is 1. The zero-order valence-corrected chi connectivity index (χ0v) is 20.6. The average Bonchev–Trinajstić information content (AvgIpc) is 3.37. The maximum absolute atomic E-state index is 11.6. The number of hydrogen-bond acceptors (Lipinski definition) is 7. The molecule has 184 valence electrons. The van der Waals surface area contributed by atoms with Crippen molar-refractivity contribution < 1.29 is 14.4 Å². The standard InChI is InChI=1S/C17H16ClN.C9H8N4O4/c1-12(2)17(13-6-4-3-5-7-13)16-9-8-15(18)10-14(16)11-19;1-13-4-10-6(7(14)9(13)16)8(15)12-5-2-11-17-3-5/h3-10,12,17H,1-2H3;2-4,14H,1H3,(H,12,15). The molecule has 0 saturated carbocycles. The second kappa shape index (κ2) is 11.8. The summed E-state index contributed by atoms with van der Waals surface area (Å²) in [5.41, 5.74) is 2.20. The van der Waals surface area contributed by atoms with Crippen molar-refractivity contribution in [3.8, 4) is 11.8 Å². The average molecular weight is 506 g/mol. The van der Waals surface area contributed by atoms with Crippen molar-refractivity contribution in [1.29, 1.82) is 5.26 Å². The van der Waals surface area contributed by atoms with Gasteiger partial charge < -0.3 is 14.9 Å². The van der Waals surface area contributed by atoms with Gasteiger partial charge in [-0.25, -0.2) is 4.98 Å². The minimum Gasteiger partial charge on any atom is -0.501 e. The largest absolute Gasteiger partial charge is 0.501 e. The molecule has 1 unspecified atom stereocenters. The number of carbonyl (C=O) groups excluding carboxylic acids is 1. The zero-order valence-electron chi connectivity index (χ0n) is 19.8. The fourth-order valence-electron chi connectivity index (χ4n) is 3.63. The molecule has 0 bridgehead atoms. The maximum Gasteiger partial charge on any atom is 0.296 e. The molecule has 2 aromatic carbocycles. The number of anilines is 1. The quantitative estimate of drug-likeness (QED) is 0.400. The van der Waals surface area contributed by atoms with Gasteiger partial charge in [0.15, 0.2) is 5.69 Å². The van der Waals surface area contributed by atoms with Crippen LogP contribution in [0.3, 0.4) is 0 Å². The van der Waals surface area contributed by atoms with Crippen LogP contribution in [0.5, 0.6) is 5.75 Å². The summed E-state index contributed by atoms with van der Waals surface area (Å²) in [5.74, 6) is -0.795. The zero-order chi connectivity index (χ0) is 26.2. The highest BCUT2D eigenvalue weighted by molar-refractivity contribution is 6.30. The summed E-state index contributed by atoms with van der Waals surface area (Å²) in [7, 11) is 1.41. The van der Waals surface area contributed by atoms with E-state index in [0.29, 0.717) is 22.2 Å². The second-order valence-electron chi connectivity index (χ2n) is 8.20. The summed E-state index contributed by atoms with van der Waals surface area (Å²) in [5, 5.41) is 25.1. The number of aromatic hydroxyl groups is 1. The Morgan fingerprint density at radius 1 is 1.22 bits per heavy atom. The van der Waals surface area contributed by atoms with Gasteiger partial charge in [-0.05, 0) is 29.2 Å². The number of benzene rings is 2. The van der Waals surface area contributed by atoms with E-state index in [1.54, 1.807) is 6.07 Å².